The molecule has 0 saturated carbocycles. The molecule has 8 heteroatoms. The molecule has 7 nitrogen and oxygen atoms in total. The number of alkyl carbamates (subject to hydrolysis) is 1. The molecule has 3 rings (SSSR count). The van der Waals surface area contributed by atoms with Gasteiger partial charge in [0.2, 0.25) is 5.91 Å². The van der Waals surface area contributed by atoms with Crippen LogP contribution in [0.15, 0.2) is 91.0 Å². The fraction of sp³-hybridized carbons (Fsp3) is 0.447. The molecule has 0 aliphatic heterocycles. The van der Waals surface area contributed by atoms with Crippen molar-refractivity contribution in [2.24, 2.45) is 0 Å². The SMILES string of the molecule is CC(C)(C)OC(=O)N[C@@H](CSC(c1ccccc1)(c1ccccc1)c1ccccc1)C(=O)NCCCCCCCCCCC(=O)O. The van der Waals surface area contributed by atoms with Crippen LogP contribution in [0.5, 0.6) is 0 Å². The van der Waals surface area contributed by atoms with E-state index in [2.05, 4.69) is 47.0 Å². The topological polar surface area (TPSA) is 105 Å². The molecule has 0 aliphatic carbocycles. The molecular formula is C38H50N2O5S. The minimum absolute atomic E-state index is 0.236. The Kier molecular flexibility index (Phi) is 15.2. The molecule has 0 spiro atoms. The molecule has 0 unspecified atom stereocenters. The van der Waals surface area contributed by atoms with Crippen LogP contribution in [-0.4, -0.2) is 47.0 Å². The number of thioether (sulfide) groups is 1. The molecule has 0 saturated heterocycles. The zero-order valence-electron chi connectivity index (χ0n) is 27.5. The number of rotatable bonds is 19. The maximum atomic E-state index is 13.6. The molecule has 0 fully saturated rings. The van der Waals surface area contributed by atoms with E-state index in [0.717, 1.165) is 68.1 Å². The normalized spacial score (nSPS) is 12.2. The van der Waals surface area contributed by atoms with Crippen LogP contribution in [0.4, 0.5) is 4.79 Å². The first-order valence-corrected chi connectivity index (χ1v) is 17.4. The van der Waals surface area contributed by atoms with Crippen LogP contribution in [0.1, 0.15) is 95.2 Å². The Morgan fingerprint density at radius 1 is 0.696 bits per heavy atom. The van der Waals surface area contributed by atoms with E-state index in [4.69, 9.17) is 9.84 Å². The summed E-state index contributed by atoms with van der Waals surface area (Å²) in [7, 11) is 0. The monoisotopic (exact) mass is 646 g/mol. The first kappa shape index (κ1) is 36.7. The standard InChI is InChI=1S/C38H50N2O5S/c1-37(2,3)45-36(44)40-33(35(43)39-28-20-9-7-5-4-6-8-19-27-34(41)42)29-46-38(30-21-13-10-14-22-30,31-23-15-11-16-24-31)32-25-17-12-18-26-32/h10-18,21-26,33H,4-9,19-20,27-29H2,1-3H3,(H,39,43)(H,40,44)(H,41,42)/t33-/m0/s1. The lowest BCUT2D eigenvalue weighted by Gasteiger charge is -2.36. The lowest BCUT2D eigenvalue weighted by Crippen LogP contribution is -2.50. The molecule has 0 aromatic heterocycles. The molecule has 3 N–H and O–H groups in total. The van der Waals surface area contributed by atoms with Gasteiger partial charge < -0.3 is 20.5 Å². The first-order chi connectivity index (χ1) is 22.1. The number of ether oxygens (including phenoxy) is 1. The summed E-state index contributed by atoms with van der Waals surface area (Å²) in [6, 6.07) is 30.0. The highest BCUT2D eigenvalue weighted by molar-refractivity contribution is 8.00. The van der Waals surface area contributed by atoms with Gasteiger partial charge >= 0.3 is 12.1 Å². The number of carboxylic acids is 1. The van der Waals surface area contributed by atoms with Crippen LogP contribution < -0.4 is 10.6 Å². The summed E-state index contributed by atoms with van der Waals surface area (Å²) in [5.74, 6) is -0.655. The highest BCUT2D eigenvalue weighted by Gasteiger charge is 2.38. The van der Waals surface area contributed by atoms with Crippen molar-refractivity contribution in [1.29, 1.82) is 0 Å². The van der Waals surface area contributed by atoms with E-state index in [1.807, 2.05) is 54.6 Å². The van der Waals surface area contributed by atoms with Crippen LogP contribution in [-0.2, 0) is 19.1 Å². The number of carboxylic acid groups (broad SMARTS) is 1. The number of carbonyl (C=O) groups is 3. The smallest absolute Gasteiger partial charge is 0.408 e. The summed E-state index contributed by atoms with van der Waals surface area (Å²) in [4.78, 5) is 37.2. The predicted molar refractivity (Wildman–Crippen MR) is 187 cm³/mol. The fourth-order valence-electron chi connectivity index (χ4n) is 5.41. The third-order valence-electron chi connectivity index (χ3n) is 7.63. The summed E-state index contributed by atoms with van der Waals surface area (Å²) in [5.41, 5.74) is 2.54. The number of hydrogen-bond donors (Lipinski definition) is 3. The van der Waals surface area contributed by atoms with Crippen molar-refractivity contribution in [2.45, 2.75) is 94.9 Å². The summed E-state index contributed by atoms with van der Waals surface area (Å²) in [6.07, 6.45) is 7.46. The van der Waals surface area contributed by atoms with Crippen LogP contribution in [0.2, 0.25) is 0 Å². The molecule has 3 aromatic carbocycles. The highest BCUT2D eigenvalue weighted by atomic mass is 32.2. The zero-order chi connectivity index (χ0) is 33.3. The van der Waals surface area contributed by atoms with E-state index in [0.29, 0.717) is 12.3 Å². The maximum Gasteiger partial charge on any atom is 0.408 e. The van der Waals surface area contributed by atoms with E-state index < -0.39 is 28.5 Å². The molecule has 46 heavy (non-hydrogen) atoms. The average molecular weight is 647 g/mol. The van der Waals surface area contributed by atoms with Crippen LogP contribution in [0.3, 0.4) is 0 Å². The molecule has 1 atom stereocenters. The Morgan fingerprint density at radius 3 is 1.57 bits per heavy atom. The quantitative estimate of drug-likeness (QED) is 0.0894. The second-order valence-electron chi connectivity index (χ2n) is 12.6. The van der Waals surface area contributed by atoms with E-state index in [1.165, 1.54) is 0 Å². The molecule has 0 heterocycles. The number of amides is 2. The maximum absolute atomic E-state index is 13.6. The Morgan fingerprint density at radius 2 is 1.13 bits per heavy atom. The molecule has 0 radical (unpaired) electrons. The van der Waals surface area contributed by atoms with E-state index in [9.17, 15) is 14.4 Å². The van der Waals surface area contributed by atoms with Gasteiger partial charge in [-0.2, -0.15) is 0 Å². The molecule has 0 aliphatic rings. The lowest BCUT2D eigenvalue weighted by atomic mass is 9.84. The average Bonchev–Trinajstić information content (AvgIpc) is 3.03. The Balaban J connectivity index is 1.71. The van der Waals surface area contributed by atoms with Crippen molar-refractivity contribution in [3.8, 4) is 0 Å². The number of carbonyl (C=O) groups excluding carboxylic acids is 2. The Hall–Kier alpha value is -3.78. The lowest BCUT2D eigenvalue weighted by molar-refractivity contribution is -0.137. The first-order valence-electron chi connectivity index (χ1n) is 16.4. The summed E-state index contributed by atoms with van der Waals surface area (Å²) in [5, 5.41) is 14.7. The van der Waals surface area contributed by atoms with Crippen LogP contribution in [0.25, 0.3) is 0 Å². The van der Waals surface area contributed by atoms with E-state index in [1.54, 1.807) is 32.5 Å². The number of nitrogens with one attached hydrogen (secondary N) is 2. The number of benzene rings is 3. The number of unbranched alkanes of at least 4 members (excludes halogenated alkanes) is 7. The largest absolute Gasteiger partial charge is 0.481 e. The van der Waals surface area contributed by atoms with Crippen molar-refractivity contribution in [1.82, 2.24) is 10.6 Å². The van der Waals surface area contributed by atoms with Crippen molar-refractivity contribution in [3.63, 3.8) is 0 Å². The van der Waals surface area contributed by atoms with Crippen LogP contribution in [0, 0.1) is 0 Å². The Bertz CT molecular complexity index is 1230. The fourth-order valence-corrected chi connectivity index (χ4v) is 6.97. The third-order valence-corrected chi connectivity index (χ3v) is 9.27. The predicted octanol–water partition coefficient (Wildman–Crippen LogP) is 8.32. The van der Waals surface area contributed by atoms with Crippen LogP contribution >= 0.6 is 11.8 Å². The minimum atomic E-state index is -0.818. The van der Waals surface area contributed by atoms with Gasteiger partial charge in [0.05, 0.1) is 4.75 Å². The zero-order valence-corrected chi connectivity index (χ0v) is 28.3. The molecule has 2 amide bonds. The van der Waals surface area contributed by atoms with Gasteiger partial charge in [-0.3, -0.25) is 9.59 Å². The van der Waals surface area contributed by atoms with Gasteiger partial charge in [0.15, 0.2) is 0 Å². The number of hydrogen-bond acceptors (Lipinski definition) is 5. The van der Waals surface area contributed by atoms with Gasteiger partial charge in [-0.15, -0.1) is 11.8 Å². The second kappa shape index (κ2) is 19.0. The van der Waals surface area contributed by atoms with E-state index >= 15 is 0 Å². The van der Waals surface area contributed by atoms with Crippen molar-refractivity contribution in [3.05, 3.63) is 108 Å². The molecule has 0 bridgehead atoms. The van der Waals surface area contributed by atoms with Gasteiger partial charge in [0.1, 0.15) is 11.6 Å². The van der Waals surface area contributed by atoms with Crippen molar-refractivity contribution >= 4 is 29.7 Å². The molecule has 3 aromatic rings. The summed E-state index contributed by atoms with van der Waals surface area (Å²) >= 11 is 1.62. The Labute approximate surface area is 278 Å². The second-order valence-corrected chi connectivity index (χ2v) is 13.8. The summed E-state index contributed by atoms with van der Waals surface area (Å²) < 4.78 is 4.92. The van der Waals surface area contributed by atoms with Gasteiger partial charge in [-0.1, -0.05) is 130 Å². The number of aliphatic carboxylic acids is 1. The van der Waals surface area contributed by atoms with E-state index in [-0.39, 0.29) is 12.3 Å². The third kappa shape index (κ3) is 12.2. The minimum Gasteiger partial charge on any atom is -0.481 e. The molecular weight excluding hydrogens is 596 g/mol. The van der Waals surface area contributed by atoms with Crippen molar-refractivity contribution < 1.29 is 24.2 Å². The van der Waals surface area contributed by atoms with Gasteiger partial charge in [0, 0.05) is 18.7 Å². The van der Waals surface area contributed by atoms with Gasteiger partial charge in [0.25, 0.3) is 0 Å². The summed E-state index contributed by atoms with van der Waals surface area (Å²) in [6.45, 7) is 5.93. The highest BCUT2D eigenvalue weighted by Crippen LogP contribution is 2.48. The van der Waals surface area contributed by atoms with Crippen molar-refractivity contribution in [2.75, 3.05) is 12.3 Å². The van der Waals surface area contributed by atoms with Gasteiger partial charge in [-0.05, 0) is 50.3 Å². The molecule has 248 valence electrons. The van der Waals surface area contributed by atoms with Gasteiger partial charge in [-0.25, -0.2) is 4.79 Å².